The van der Waals surface area contributed by atoms with Crippen LogP contribution in [0.25, 0.3) is 10.9 Å². The van der Waals surface area contributed by atoms with E-state index in [0.717, 1.165) is 16.5 Å². The van der Waals surface area contributed by atoms with E-state index < -0.39 is 60.2 Å². The van der Waals surface area contributed by atoms with Crippen LogP contribution in [0.2, 0.25) is 0 Å². The number of carbonyl (C=O) groups is 5. The van der Waals surface area contributed by atoms with Crippen molar-refractivity contribution in [2.45, 2.75) is 76.5 Å². The third-order valence-corrected chi connectivity index (χ3v) is 6.39. The number of unbranched alkanes of at least 4 members (excludes halogenated alkanes) is 1. The Morgan fingerprint density at radius 1 is 0.925 bits per heavy atom. The molecule has 1 aromatic heterocycles. The number of carboxylic acids is 1. The number of carboxylic acid groups (broad SMARTS) is 1. The minimum absolute atomic E-state index is 0.0406. The van der Waals surface area contributed by atoms with Crippen LogP contribution < -0.4 is 33.2 Å². The molecule has 4 unspecified atom stereocenters. The molecular weight excluding hydrogens is 518 g/mol. The number of nitrogens with one attached hydrogen (secondary N) is 4. The van der Waals surface area contributed by atoms with Crippen molar-refractivity contribution in [3.8, 4) is 0 Å². The van der Waals surface area contributed by atoms with E-state index in [1.165, 1.54) is 0 Å². The molecule has 0 bridgehead atoms. The summed E-state index contributed by atoms with van der Waals surface area (Å²) in [7, 11) is 0. The summed E-state index contributed by atoms with van der Waals surface area (Å²) in [6.45, 7) is 3.97. The fraction of sp³-hybridized carbons (Fsp3) is 0.519. The van der Waals surface area contributed by atoms with E-state index in [0.29, 0.717) is 19.4 Å². The standard InChI is InChI=1S/C27H41N7O6/c1-15(2)11-22(27(39)40)34-26(38)21(13-23(30)35)33-25(37)20(9-5-6-10-28)32-24(36)18(29)12-16-14-31-19-8-4-3-7-17(16)19/h3-4,7-8,14-15,18,20-22,31H,5-6,9-13,28-29H2,1-2H3,(H2,30,35)(H,32,36)(H,33,37)(H,34,38)(H,39,40). The lowest BCUT2D eigenvalue weighted by Crippen LogP contribution is -2.58. The van der Waals surface area contributed by atoms with Gasteiger partial charge in [0.2, 0.25) is 23.6 Å². The van der Waals surface area contributed by atoms with Crippen LogP contribution in [0.5, 0.6) is 0 Å². The fourth-order valence-corrected chi connectivity index (χ4v) is 4.32. The van der Waals surface area contributed by atoms with Gasteiger partial charge in [0.1, 0.15) is 18.1 Å². The summed E-state index contributed by atoms with van der Waals surface area (Å²) in [5.41, 5.74) is 18.8. The molecule has 1 heterocycles. The van der Waals surface area contributed by atoms with Crippen LogP contribution in [0.15, 0.2) is 30.5 Å². The number of hydrogen-bond donors (Lipinski definition) is 8. The minimum atomic E-state index is -1.44. The van der Waals surface area contributed by atoms with Crippen molar-refractivity contribution < 1.29 is 29.1 Å². The summed E-state index contributed by atoms with van der Waals surface area (Å²) in [5, 5.41) is 17.9. The number of benzene rings is 1. The summed E-state index contributed by atoms with van der Waals surface area (Å²) in [6, 6.07) is 2.87. The molecule has 2 rings (SSSR count). The number of rotatable bonds is 17. The maximum atomic E-state index is 13.2. The van der Waals surface area contributed by atoms with Gasteiger partial charge in [0.15, 0.2) is 0 Å². The predicted molar refractivity (Wildman–Crippen MR) is 150 cm³/mol. The van der Waals surface area contributed by atoms with Gasteiger partial charge in [0, 0.05) is 17.1 Å². The molecule has 4 amide bonds. The summed E-state index contributed by atoms with van der Waals surface area (Å²) in [4.78, 5) is 65.5. The number of H-pyrrole nitrogens is 1. The fourth-order valence-electron chi connectivity index (χ4n) is 4.32. The molecular formula is C27H41N7O6. The largest absolute Gasteiger partial charge is 0.480 e. The Bertz CT molecular complexity index is 1180. The van der Waals surface area contributed by atoms with Crippen LogP contribution in [0.3, 0.4) is 0 Å². The molecule has 1 aromatic carbocycles. The second-order valence-electron chi connectivity index (χ2n) is 10.3. The van der Waals surface area contributed by atoms with Gasteiger partial charge in [0.05, 0.1) is 12.5 Å². The Morgan fingerprint density at radius 3 is 2.17 bits per heavy atom. The van der Waals surface area contributed by atoms with Crippen LogP contribution in [0, 0.1) is 5.92 Å². The van der Waals surface area contributed by atoms with Crippen LogP contribution in [-0.4, -0.2) is 70.4 Å². The molecule has 4 atom stereocenters. The van der Waals surface area contributed by atoms with Gasteiger partial charge in [-0.3, -0.25) is 19.2 Å². The number of carbonyl (C=O) groups excluding carboxylic acids is 4. The van der Waals surface area contributed by atoms with Crippen LogP contribution >= 0.6 is 0 Å². The zero-order valence-electron chi connectivity index (χ0n) is 22.9. The van der Waals surface area contributed by atoms with Crippen LogP contribution in [0.4, 0.5) is 0 Å². The maximum absolute atomic E-state index is 13.2. The molecule has 0 radical (unpaired) electrons. The Hall–Kier alpha value is -3.97. The Balaban J connectivity index is 2.14. The van der Waals surface area contributed by atoms with Gasteiger partial charge in [-0.05, 0) is 56.2 Å². The monoisotopic (exact) mass is 559 g/mol. The molecule has 11 N–H and O–H groups in total. The second kappa shape index (κ2) is 15.6. The van der Waals surface area contributed by atoms with E-state index in [1.54, 1.807) is 20.0 Å². The van der Waals surface area contributed by atoms with E-state index in [2.05, 4.69) is 20.9 Å². The lowest BCUT2D eigenvalue weighted by atomic mass is 10.0. The van der Waals surface area contributed by atoms with Gasteiger partial charge in [-0.25, -0.2) is 4.79 Å². The number of hydrogen-bond acceptors (Lipinski definition) is 7. The molecule has 0 aliphatic rings. The van der Waals surface area contributed by atoms with Crippen molar-refractivity contribution in [1.82, 2.24) is 20.9 Å². The molecule has 0 saturated heterocycles. The average Bonchev–Trinajstić information content (AvgIpc) is 3.29. The molecule has 0 aliphatic heterocycles. The average molecular weight is 560 g/mol. The molecule has 40 heavy (non-hydrogen) atoms. The van der Waals surface area contributed by atoms with Crippen molar-refractivity contribution in [2.75, 3.05) is 6.54 Å². The summed E-state index contributed by atoms with van der Waals surface area (Å²) in [5.74, 6) is -4.34. The van der Waals surface area contributed by atoms with Crippen molar-refractivity contribution >= 4 is 40.5 Å². The van der Waals surface area contributed by atoms with E-state index in [1.807, 2.05) is 24.3 Å². The molecule has 13 nitrogen and oxygen atoms in total. The summed E-state index contributed by atoms with van der Waals surface area (Å²) >= 11 is 0. The summed E-state index contributed by atoms with van der Waals surface area (Å²) < 4.78 is 0. The zero-order chi connectivity index (χ0) is 29.8. The van der Waals surface area contributed by atoms with Gasteiger partial charge in [-0.1, -0.05) is 32.0 Å². The van der Waals surface area contributed by atoms with E-state index >= 15 is 0 Å². The highest BCUT2D eigenvalue weighted by atomic mass is 16.4. The van der Waals surface area contributed by atoms with E-state index in [-0.39, 0.29) is 25.2 Å². The van der Waals surface area contributed by atoms with Crippen molar-refractivity contribution in [1.29, 1.82) is 0 Å². The van der Waals surface area contributed by atoms with Crippen LogP contribution in [0.1, 0.15) is 51.5 Å². The highest BCUT2D eigenvalue weighted by Gasteiger charge is 2.31. The Labute approximate surface area is 233 Å². The third-order valence-electron chi connectivity index (χ3n) is 6.39. The molecule has 0 aliphatic carbocycles. The van der Waals surface area contributed by atoms with Gasteiger partial charge >= 0.3 is 5.97 Å². The quantitative estimate of drug-likeness (QED) is 0.119. The highest BCUT2D eigenvalue weighted by molar-refractivity contribution is 5.96. The predicted octanol–water partition coefficient (Wildman–Crippen LogP) is -0.373. The second-order valence-corrected chi connectivity index (χ2v) is 10.3. The minimum Gasteiger partial charge on any atom is -0.480 e. The molecule has 0 spiro atoms. The number of aromatic nitrogens is 1. The first kappa shape index (κ1) is 32.2. The Morgan fingerprint density at radius 2 is 1.55 bits per heavy atom. The molecule has 2 aromatic rings. The van der Waals surface area contributed by atoms with Crippen molar-refractivity contribution in [3.63, 3.8) is 0 Å². The van der Waals surface area contributed by atoms with Gasteiger partial charge in [0.25, 0.3) is 0 Å². The lowest BCUT2D eigenvalue weighted by molar-refractivity contribution is -0.143. The topological polar surface area (TPSA) is 236 Å². The normalized spacial score (nSPS) is 14.2. The highest BCUT2D eigenvalue weighted by Crippen LogP contribution is 2.19. The number of fused-ring (bicyclic) bond motifs is 1. The van der Waals surface area contributed by atoms with Gasteiger partial charge in [-0.2, -0.15) is 0 Å². The smallest absolute Gasteiger partial charge is 0.326 e. The van der Waals surface area contributed by atoms with Gasteiger partial charge < -0.3 is 43.2 Å². The summed E-state index contributed by atoms with van der Waals surface area (Å²) in [6.07, 6.45) is 2.85. The molecule has 0 fully saturated rings. The Kier molecular flexibility index (Phi) is 12.6. The number of para-hydroxylation sites is 1. The number of amides is 4. The third kappa shape index (κ3) is 9.97. The van der Waals surface area contributed by atoms with E-state index in [4.69, 9.17) is 17.2 Å². The van der Waals surface area contributed by atoms with Gasteiger partial charge in [-0.15, -0.1) is 0 Å². The molecule has 13 heteroatoms. The lowest BCUT2D eigenvalue weighted by Gasteiger charge is -2.25. The van der Waals surface area contributed by atoms with E-state index in [9.17, 15) is 29.1 Å². The number of aromatic amines is 1. The van der Waals surface area contributed by atoms with Crippen molar-refractivity contribution in [2.24, 2.45) is 23.1 Å². The zero-order valence-corrected chi connectivity index (χ0v) is 22.9. The van der Waals surface area contributed by atoms with Crippen LogP contribution in [-0.2, 0) is 30.4 Å². The molecule has 220 valence electrons. The molecule has 0 saturated carbocycles. The number of aliphatic carboxylic acids is 1. The number of nitrogens with two attached hydrogens (primary N) is 3. The first-order valence-electron chi connectivity index (χ1n) is 13.4. The first-order valence-corrected chi connectivity index (χ1v) is 13.4. The van der Waals surface area contributed by atoms with Crippen molar-refractivity contribution in [3.05, 3.63) is 36.0 Å². The first-order chi connectivity index (χ1) is 18.9. The number of primary amides is 1. The SMILES string of the molecule is CC(C)CC(NC(=O)C(CC(N)=O)NC(=O)C(CCCCN)NC(=O)C(N)Cc1c[nH]c2ccccc12)C(=O)O. The maximum Gasteiger partial charge on any atom is 0.326 e.